The van der Waals surface area contributed by atoms with Gasteiger partial charge in [-0.2, -0.15) is 0 Å². The van der Waals surface area contributed by atoms with Crippen molar-refractivity contribution in [1.82, 2.24) is 0 Å². The number of benzene rings is 2. The predicted molar refractivity (Wildman–Crippen MR) is 132 cm³/mol. The van der Waals surface area contributed by atoms with Crippen LogP contribution in [0.25, 0.3) is 0 Å². The van der Waals surface area contributed by atoms with Gasteiger partial charge in [-0.15, -0.1) is 0 Å². The average molecular weight is 479 g/mol. The molecule has 0 fully saturated rings. The van der Waals surface area contributed by atoms with Gasteiger partial charge < -0.3 is 28.5 Å². The second kappa shape index (κ2) is 12.1. The van der Waals surface area contributed by atoms with Gasteiger partial charge in [0.05, 0.1) is 6.61 Å². The lowest BCUT2D eigenvalue weighted by atomic mass is 9.64. The highest BCUT2D eigenvalue weighted by Gasteiger charge is 2.50. The van der Waals surface area contributed by atoms with Gasteiger partial charge in [-0.3, -0.25) is 0 Å². The lowest BCUT2D eigenvalue weighted by molar-refractivity contribution is -0.144. The van der Waals surface area contributed by atoms with Crippen LogP contribution in [0.5, 0.6) is 5.75 Å². The Labute approximate surface area is 196 Å². The maximum Gasteiger partial charge on any atom is 0.188 e. The Hall–Kier alpha value is -1.53. The number of methoxy groups -OCH3 is 1. The largest absolute Gasteiger partial charge is 0.467 e. The van der Waals surface area contributed by atoms with E-state index in [0.29, 0.717) is 16.9 Å². The molecule has 32 heavy (non-hydrogen) atoms. The van der Waals surface area contributed by atoms with Gasteiger partial charge in [0.25, 0.3) is 0 Å². The van der Waals surface area contributed by atoms with Crippen LogP contribution < -0.4 is 4.74 Å². The number of para-hydroxylation sites is 1. The maximum atomic E-state index is 12.5. The Morgan fingerprint density at radius 2 is 1.56 bits per heavy atom. The molecule has 0 aliphatic heterocycles. The molecule has 2 rings (SSSR count). The summed E-state index contributed by atoms with van der Waals surface area (Å²) in [4.78, 5) is 0. The molecule has 0 saturated heterocycles. The minimum Gasteiger partial charge on any atom is -0.467 e. The van der Waals surface area contributed by atoms with Gasteiger partial charge in [0.15, 0.2) is 26.3 Å². The van der Waals surface area contributed by atoms with Crippen LogP contribution in [0.4, 0.5) is 0 Å². The quantitative estimate of drug-likeness (QED) is 0.340. The highest BCUT2D eigenvalue weighted by Crippen LogP contribution is 2.50. The van der Waals surface area contributed by atoms with Crippen LogP contribution in [0.15, 0.2) is 48.5 Å². The van der Waals surface area contributed by atoms with Crippen molar-refractivity contribution in [1.29, 1.82) is 0 Å². The van der Waals surface area contributed by atoms with E-state index in [-0.39, 0.29) is 25.6 Å². The van der Waals surface area contributed by atoms with E-state index in [1.165, 1.54) is 0 Å². The Morgan fingerprint density at radius 1 is 0.969 bits per heavy atom. The van der Waals surface area contributed by atoms with Crippen LogP contribution in [0.1, 0.15) is 37.5 Å². The molecule has 0 aliphatic rings. The van der Waals surface area contributed by atoms with E-state index in [4.69, 9.17) is 18.3 Å². The summed E-state index contributed by atoms with van der Waals surface area (Å²) in [5.74, 6) is 0.243. The van der Waals surface area contributed by atoms with E-state index < -0.39 is 30.5 Å². The fourth-order valence-electron chi connectivity index (χ4n) is 4.06. The topological polar surface area (TPSA) is 77.4 Å². The van der Waals surface area contributed by atoms with Gasteiger partial charge in [0.1, 0.15) is 17.6 Å². The highest BCUT2D eigenvalue weighted by atomic mass is 28.2. The van der Waals surface area contributed by atoms with Crippen molar-refractivity contribution < 1.29 is 28.5 Å². The van der Waals surface area contributed by atoms with E-state index >= 15 is 0 Å². The number of ether oxygens (including phenoxy) is 2. The summed E-state index contributed by atoms with van der Waals surface area (Å²) in [5, 5.41) is 22.0. The van der Waals surface area contributed by atoms with Crippen LogP contribution >= 0.6 is 0 Å². The molecule has 2 atom stereocenters. The third-order valence-corrected chi connectivity index (χ3v) is 7.46. The molecule has 6 nitrogen and oxygen atoms in total. The molecule has 0 saturated carbocycles. The van der Waals surface area contributed by atoms with Gasteiger partial charge in [-0.05, 0) is 17.2 Å². The summed E-state index contributed by atoms with van der Waals surface area (Å²) in [6, 6.07) is 14.9. The van der Waals surface area contributed by atoms with Crippen LogP contribution in [-0.2, 0) is 25.8 Å². The lowest BCUT2D eigenvalue weighted by Gasteiger charge is -2.47. The molecule has 178 valence electrons. The first-order chi connectivity index (χ1) is 15.3. The molecule has 1 unspecified atom stereocenters. The second-order valence-corrected chi connectivity index (χ2v) is 10.3. The van der Waals surface area contributed by atoms with Gasteiger partial charge >= 0.3 is 0 Å². The number of aliphatic hydroxyl groups excluding tert-OH is 1. The first-order valence-electron chi connectivity index (χ1n) is 11.1. The Balaban J connectivity index is 2.68. The monoisotopic (exact) mass is 478 g/mol. The van der Waals surface area contributed by atoms with Crippen LogP contribution in [-0.4, -0.2) is 49.9 Å². The molecule has 2 aromatic carbocycles. The molecule has 0 bridgehead atoms. The fourth-order valence-corrected chi connectivity index (χ4v) is 5.91. The summed E-state index contributed by atoms with van der Waals surface area (Å²) in [5.41, 5.74) is 0.230. The standard InChI is InChI=1S/C24H38O6Si2/c1-17(23(2,3)22(29-31-5)30-32-6)24(26,19-13-11-18(15-25)12-14-19)20-9-7-8-10-21(20)28-16-27-4/h7-14,17,22,25-26H,15-16,31-32H2,1-6H3/t17-,24?/m0/s1. The normalized spacial score (nSPS) is 16.5. The van der Waals surface area contributed by atoms with Crippen molar-refractivity contribution in [3.63, 3.8) is 0 Å². The summed E-state index contributed by atoms with van der Waals surface area (Å²) < 4.78 is 23.2. The number of hydrogen-bond donors (Lipinski definition) is 2. The predicted octanol–water partition coefficient (Wildman–Crippen LogP) is 2.68. The smallest absolute Gasteiger partial charge is 0.188 e. The van der Waals surface area contributed by atoms with E-state index in [1.54, 1.807) is 7.11 Å². The maximum absolute atomic E-state index is 12.5. The Bertz CT molecular complexity index is 823. The molecule has 2 aromatic rings. The highest BCUT2D eigenvalue weighted by molar-refractivity contribution is 6.26. The third-order valence-electron chi connectivity index (χ3n) is 6.19. The summed E-state index contributed by atoms with van der Waals surface area (Å²) >= 11 is 0. The van der Waals surface area contributed by atoms with Gasteiger partial charge in [-0.25, -0.2) is 0 Å². The van der Waals surface area contributed by atoms with Crippen molar-refractivity contribution in [2.75, 3.05) is 13.9 Å². The van der Waals surface area contributed by atoms with E-state index in [2.05, 4.69) is 26.9 Å². The third kappa shape index (κ3) is 5.69. The minimum atomic E-state index is -1.41. The SMILES string of the molecule is COCOc1ccccc1C(O)(c1ccc(CO)cc1)[C@@H](C)C(C)(C)C(O[SiH2]C)O[SiH2]C. The number of rotatable bonds is 13. The van der Waals surface area contributed by atoms with E-state index in [0.717, 1.165) is 5.56 Å². The van der Waals surface area contributed by atoms with Crippen molar-refractivity contribution in [2.45, 2.75) is 52.4 Å². The second-order valence-electron chi connectivity index (χ2n) is 8.45. The summed E-state index contributed by atoms with van der Waals surface area (Å²) in [7, 11) is 0.134. The molecule has 8 heteroatoms. The van der Waals surface area contributed by atoms with Crippen molar-refractivity contribution >= 4 is 19.5 Å². The zero-order chi connectivity index (χ0) is 23.8. The first kappa shape index (κ1) is 26.7. The number of aliphatic hydroxyl groups is 2. The van der Waals surface area contributed by atoms with E-state index in [9.17, 15) is 10.2 Å². The molecular formula is C24H38O6Si2. The lowest BCUT2D eigenvalue weighted by Crippen LogP contribution is -2.50. The van der Waals surface area contributed by atoms with Crippen LogP contribution in [0.3, 0.4) is 0 Å². The molecule has 0 radical (unpaired) electrons. The summed E-state index contributed by atoms with van der Waals surface area (Å²) in [6.45, 7) is 10.4. The minimum absolute atomic E-state index is 0.0562. The van der Waals surface area contributed by atoms with E-state index in [1.807, 2.05) is 55.5 Å². The Kier molecular flexibility index (Phi) is 10.1. The van der Waals surface area contributed by atoms with Gasteiger partial charge in [0, 0.05) is 24.0 Å². The average Bonchev–Trinajstić information content (AvgIpc) is 2.81. The molecule has 0 heterocycles. The number of hydrogen-bond acceptors (Lipinski definition) is 6. The Morgan fingerprint density at radius 3 is 2.09 bits per heavy atom. The molecule has 0 aliphatic carbocycles. The van der Waals surface area contributed by atoms with Crippen molar-refractivity contribution in [3.8, 4) is 5.75 Å². The van der Waals surface area contributed by atoms with Crippen molar-refractivity contribution in [2.24, 2.45) is 11.3 Å². The molecule has 2 N–H and O–H groups in total. The van der Waals surface area contributed by atoms with Gasteiger partial charge in [-0.1, -0.05) is 76.3 Å². The molecule has 0 amide bonds. The van der Waals surface area contributed by atoms with Gasteiger partial charge in [0.2, 0.25) is 0 Å². The van der Waals surface area contributed by atoms with Crippen LogP contribution in [0, 0.1) is 11.3 Å². The zero-order valence-corrected chi connectivity index (χ0v) is 23.0. The molecular weight excluding hydrogens is 440 g/mol. The zero-order valence-electron chi connectivity index (χ0n) is 20.1. The molecule has 0 aromatic heterocycles. The van der Waals surface area contributed by atoms with Crippen LogP contribution in [0.2, 0.25) is 13.1 Å². The first-order valence-corrected chi connectivity index (χ1v) is 15.1. The summed E-state index contributed by atoms with van der Waals surface area (Å²) in [6.07, 6.45) is -0.388. The van der Waals surface area contributed by atoms with Crippen molar-refractivity contribution in [3.05, 3.63) is 65.2 Å². The fraction of sp³-hybridized carbons (Fsp3) is 0.500. The molecule has 0 spiro atoms.